The van der Waals surface area contributed by atoms with E-state index < -0.39 is 0 Å². The summed E-state index contributed by atoms with van der Waals surface area (Å²) in [7, 11) is 0. The number of benzene rings is 1. The van der Waals surface area contributed by atoms with Gasteiger partial charge >= 0.3 is 0 Å². The second kappa shape index (κ2) is 5.94. The molecule has 0 atom stereocenters. The lowest BCUT2D eigenvalue weighted by Gasteiger charge is -2.03. The molecule has 0 fully saturated rings. The first-order chi connectivity index (χ1) is 8.22. The summed E-state index contributed by atoms with van der Waals surface area (Å²) in [6.07, 6.45) is 5.22. The number of nitrogens with zero attached hydrogens (tertiary/aromatic N) is 1. The Morgan fingerprint density at radius 3 is 3.12 bits per heavy atom. The van der Waals surface area contributed by atoms with Crippen LogP contribution in [0.4, 0.5) is 0 Å². The first kappa shape index (κ1) is 13.0. The number of rotatable bonds is 4. The number of aromatic amines is 1. The highest BCUT2D eigenvalue weighted by Crippen LogP contribution is 2.17. The minimum Gasteiger partial charge on any atom is -0.331 e. The number of fused-ring (bicyclic) bond motifs is 1. The molecule has 0 amide bonds. The van der Waals surface area contributed by atoms with Crippen LogP contribution < -0.4 is 0 Å². The Balaban J connectivity index is 2.25. The van der Waals surface area contributed by atoms with Crippen molar-refractivity contribution in [3.8, 4) is 12.3 Å². The van der Waals surface area contributed by atoms with Gasteiger partial charge in [-0.15, -0.1) is 18.2 Å². The number of aryl methyl sites for hydroxylation is 1. The first-order valence-corrected chi connectivity index (χ1v) is 7.76. The van der Waals surface area contributed by atoms with Crippen molar-refractivity contribution in [3.05, 3.63) is 26.5 Å². The third kappa shape index (κ3) is 3.06. The predicted octanol–water partition coefficient (Wildman–Crippen LogP) is 3.67. The Morgan fingerprint density at radius 2 is 2.35 bits per heavy atom. The van der Waals surface area contributed by atoms with Gasteiger partial charge in [-0.05, 0) is 53.0 Å². The molecule has 0 aliphatic carbocycles. The molecule has 0 spiro atoms. The van der Waals surface area contributed by atoms with Crippen LogP contribution in [0.15, 0.2) is 18.2 Å². The lowest BCUT2D eigenvalue weighted by atomic mass is 10.3. The molecule has 5 heteroatoms. The lowest BCUT2D eigenvalue weighted by Crippen LogP contribution is -2.00. The maximum Gasteiger partial charge on any atom is 0.178 e. The van der Waals surface area contributed by atoms with Crippen LogP contribution in [0.2, 0.25) is 0 Å². The SMILES string of the molecule is C#CCSCCn1c(=S)[nH]c2cc(I)ccc21. The predicted molar refractivity (Wildman–Crippen MR) is 86.0 cm³/mol. The van der Waals surface area contributed by atoms with E-state index in [1.165, 1.54) is 3.57 Å². The van der Waals surface area contributed by atoms with Gasteiger partial charge in [0.25, 0.3) is 0 Å². The summed E-state index contributed by atoms with van der Waals surface area (Å²) in [5.74, 6) is 4.37. The minimum atomic E-state index is 0.758. The van der Waals surface area contributed by atoms with Crippen LogP contribution in [0.5, 0.6) is 0 Å². The summed E-state index contributed by atoms with van der Waals surface area (Å²) in [5.41, 5.74) is 2.26. The number of terminal acetylenes is 1. The molecule has 2 aromatic rings. The topological polar surface area (TPSA) is 20.7 Å². The number of hydrogen-bond acceptors (Lipinski definition) is 2. The Hall–Kier alpha value is -0.450. The van der Waals surface area contributed by atoms with Crippen LogP contribution >= 0.6 is 46.6 Å². The van der Waals surface area contributed by atoms with Gasteiger partial charge in [-0.3, -0.25) is 0 Å². The molecule has 1 aromatic heterocycles. The van der Waals surface area contributed by atoms with Crippen LogP contribution in [-0.4, -0.2) is 21.1 Å². The molecule has 17 heavy (non-hydrogen) atoms. The Labute approximate surface area is 123 Å². The van der Waals surface area contributed by atoms with Gasteiger partial charge in [0, 0.05) is 15.9 Å². The van der Waals surface area contributed by atoms with Crippen LogP contribution in [0.1, 0.15) is 0 Å². The molecule has 88 valence electrons. The molecule has 0 saturated heterocycles. The van der Waals surface area contributed by atoms with E-state index in [9.17, 15) is 0 Å². The van der Waals surface area contributed by atoms with Crippen LogP contribution in [0.25, 0.3) is 11.0 Å². The quantitative estimate of drug-likeness (QED) is 0.382. The molecule has 0 unspecified atom stereocenters. The van der Waals surface area contributed by atoms with Crippen molar-refractivity contribution in [1.29, 1.82) is 0 Å². The summed E-state index contributed by atoms with van der Waals surface area (Å²) in [4.78, 5) is 3.23. The second-order valence-electron chi connectivity index (χ2n) is 3.50. The smallest absolute Gasteiger partial charge is 0.178 e. The second-order valence-corrected chi connectivity index (χ2v) is 6.24. The van der Waals surface area contributed by atoms with Crippen molar-refractivity contribution in [2.75, 3.05) is 11.5 Å². The maximum absolute atomic E-state index is 5.33. The van der Waals surface area contributed by atoms with E-state index in [2.05, 4.69) is 56.3 Å². The molecule has 0 bridgehead atoms. The highest BCUT2D eigenvalue weighted by Gasteiger charge is 2.04. The van der Waals surface area contributed by atoms with E-state index >= 15 is 0 Å². The van der Waals surface area contributed by atoms with Gasteiger partial charge in [-0.1, -0.05) is 5.92 Å². The van der Waals surface area contributed by atoms with E-state index in [-0.39, 0.29) is 0 Å². The fourth-order valence-corrected chi connectivity index (χ4v) is 3.01. The van der Waals surface area contributed by atoms with E-state index in [0.717, 1.165) is 33.9 Å². The molecule has 0 saturated carbocycles. The van der Waals surface area contributed by atoms with Crippen molar-refractivity contribution in [3.63, 3.8) is 0 Å². The fraction of sp³-hybridized carbons (Fsp3) is 0.250. The van der Waals surface area contributed by atoms with Gasteiger partial charge in [0.15, 0.2) is 4.77 Å². The molecule has 0 radical (unpaired) electrons. The summed E-state index contributed by atoms with van der Waals surface area (Å²) in [6, 6.07) is 6.31. The fourth-order valence-electron chi connectivity index (χ4n) is 1.64. The van der Waals surface area contributed by atoms with Crippen molar-refractivity contribution < 1.29 is 0 Å². The van der Waals surface area contributed by atoms with E-state index in [0.29, 0.717) is 0 Å². The highest BCUT2D eigenvalue weighted by atomic mass is 127. The van der Waals surface area contributed by atoms with Gasteiger partial charge in [0.2, 0.25) is 0 Å². The average Bonchev–Trinajstić information content (AvgIpc) is 2.60. The monoisotopic (exact) mass is 374 g/mol. The molecule has 1 heterocycles. The third-order valence-electron chi connectivity index (χ3n) is 2.38. The Kier molecular flexibility index (Phi) is 4.54. The molecular formula is C12H11IN2S2. The Bertz CT molecular complexity index is 621. The Morgan fingerprint density at radius 1 is 1.53 bits per heavy atom. The maximum atomic E-state index is 5.33. The van der Waals surface area contributed by atoms with Gasteiger partial charge in [-0.25, -0.2) is 0 Å². The zero-order valence-electron chi connectivity index (χ0n) is 9.07. The van der Waals surface area contributed by atoms with Gasteiger partial charge in [-0.2, -0.15) is 0 Å². The standard InChI is InChI=1S/C12H11IN2S2/c1-2-6-17-7-5-15-11-4-3-9(13)8-10(11)14-12(15)16/h1,3-4,8H,5-7H2,(H,14,16). The van der Waals surface area contributed by atoms with Crippen molar-refractivity contribution in [1.82, 2.24) is 9.55 Å². The molecule has 2 rings (SSSR count). The highest BCUT2D eigenvalue weighted by molar-refractivity contribution is 14.1. The van der Waals surface area contributed by atoms with Crippen LogP contribution in [-0.2, 0) is 6.54 Å². The number of thioether (sulfide) groups is 1. The van der Waals surface area contributed by atoms with Crippen LogP contribution in [0, 0.1) is 20.7 Å². The van der Waals surface area contributed by atoms with E-state index in [1.807, 2.05) is 0 Å². The number of hydrogen-bond donors (Lipinski definition) is 1. The number of imidazole rings is 1. The summed E-state index contributed by atoms with van der Waals surface area (Å²) < 4.78 is 4.12. The van der Waals surface area contributed by atoms with E-state index in [1.54, 1.807) is 11.8 Å². The summed E-state index contributed by atoms with van der Waals surface area (Å²) >= 11 is 9.38. The molecule has 1 aromatic carbocycles. The molecule has 2 nitrogen and oxygen atoms in total. The molecule has 1 N–H and O–H groups in total. The molecule has 0 aliphatic rings. The first-order valence-electron chi connectivity index (χ1n) is 5.11. The van der Waals surface area contributed by atoms with Gasteiger partial charge in [0.05, 0.1) is 16.8 Å². The summed E-state index contributed by atoms with van der Waals surface area (Å²) in [6.45, 7) is 0.895. The number of aromatic nitrogens is 2. The minimum absolute atomic E-state index is 0.758. The zero-order chi connectivity index (χ0) is 12.3. The largest absolute Gasteiger partial charge is 0.331 e. The third-order valence-corrected chi connectivity index (χ3v) is 4.22. The lowest BCUT2D eigenvalue weighted by molar-refractivity contribution is 0.784. The van der Waals surface area contributed by atoms with Crippen LogP contribution in [0.3, 0.4) is 0 Å². The van der Waals surface area contributed by atoms with Crippen molar-refractivity contribution >= 4 is 57.6 Å². The van der Waals surface area contributed by atoms with Crippen molar-refractivity contribution in [2.45, 2.75) is 6.54 Å². The van der Waals surface area contributed by atoms with Gasteiger partial charge in [0.1, 0.15) is 0 Å². The van der Waals surface area contributed by atoms with Gasteiger partial charge < -0.3 is 9.55 Å². The molecule has 0 aliphatic heterocycles. The number of nitrogens with one attached hydrogen (secondary N) is 1. The van der Waals surface area contributed by atoms with E-state index in [4.69, 9.17) is 18.6 Å². The number of halogens is 1. The zero-order valence-corrected chi connectivity index (χ0v) is 12.9. The molecular weight excluding hydrogens is 363 g/mol. The number of H-pyrrole nitrogens is 1. The average molecular weight is 374 g/mol. The van der Waals surface area contributed by atoms with Crippen molar-refractivity contribution in [2.24, 2.45) is 0 Å². The summed E-state index contributed by atoms with van der Waals surface area (Å²) in [5, 5.41) is 0. The normalized spacial score (nSPS) is 10.6.